The monoisotopic (exact) mass is 297 g/mol. The minimum absolute atomic E-state index is 0.270. The summed E-state index contributed by atoms with van der Waals surface area (Å²) in [6, 6.07) is 11.7. The fraction of sp³-hybridized carbons (Fsp3) is 0.143. The molecule has 0 saturated heterocycles. The molecule has 0 fully saturated rings. The molecule has 2 rings (SSSR count). The maximum Gasteiger partial charge on any atom is 0.165 e. The molecule has 0 radical (unpaired) electrons. The Balaban J connectivity index is 1.83. The van der Waals surface area contributed by atoms with Crippen molar-refractivity contribution in [2.45, 2.75) is 4.90 Å². The number of nitrogens with two attached hydrogens (primary N) is 1. The van der Waals surface area contributed by atoms with Crippen LogP contribution >= 0.6 is 23.4 Å². The third-order valence-electron chi connectivity index (χ3n) is 2.39. The van der Waals surface area contributed by atoms with Gasteiger partial charge in [0.25, 0.3) is 0 Å². The second-order valence-corrected chi connectivity index (χ2v) is 5.36. The van der Waals surface area contributed by atoms with Crippen LogP contribution in [0.5, 0.6) is 5.75 Å². The molecule has 0 amide bonds. The quantitative estimate of drug-likeness (QED) is 0.509. The van der Waals surface area contributed by atoms with Gasteiger partial charge in [-0.25, -0.2) is 4.39 Å². The van der Waals surface area contributed by atoms with E-state index in [1.54, 1.807) is 42.1 Å². The van der Waals surface area contributed by atoms with Gasteiger partial charge in [0.1, 0.15) is 0 Å². The number of ether oxygens (including phenoxy) is 1. The van der Waals surface area contributed by atoms with Crippen LogP contribution in [0, 0.1) is 5.82 Å². The molecule has 0 aliphatic heterocycles. The molecule has 100 valence electrons. The molecule has 0 aliphatic rings. The van der Waals surface area contributed by atoms with Crippen LogP contribution in [-0.4, -0.2) is 12.4 Å². The maximum atomic E-state index is 13.3. The van der Waals surface area contributed by atoms with Crippen LogP contribution in [0.3, 0.4) is 0 Å². The maximum absolute atomic E-state index is 13.3. The predicted octanol–water partition coefficient (Wildman–Crippen LogP) is 4.23. The number of rotatable bonds is 5. The van der Waals surface area contributed by atoms with Gasteiger partial charge in [-0.1, -0.05) is 23.7 Å². The van der Waals surface area contributed by atoms with E-state index in [-0.39, 0.29) is 11.6 Å². The average molecular weight is 298 g/mol. The van der Waals surface area contributed by atoms with Gasteiger partial charge in [-0.3, -0.25) is 0 Å². The van der Waals surface area contributed by atoms with Gasteiger partial charge in [0.15, 0.2) is 11.6 Å². The van der Waals surface area contributed by atoms with Crippen molar-refractivity contribution in [2.24, 2.45) is 0 Å². The first kappa shape index (κ1) is 14.0. The van der Waals surface area contributed by atoms with E-state index < -0.39 is 0 Å². The second-order valence-electron chi connectivity index (χ2n) is 3.82. The van der Waals surface area contributed by atoms with E-state index in [1.807, 2.05) is 6.07 Å². The lowest BCUT2D eigenvalue weighted by atomic mass is 10.3. The van der Waals surface area contributed by atoms with Gasteiger partial charge in [-0.05, 0) is 30.3 Å². The Morgan fingerprint density at radius 3 is 2.74 bits per heavy atom. The molecule has 0 aliphatic carbocycles. The smallest absolute Gasteiger partial charge is 0.165 e. The molecule has 0 spiro atoms. The summed E-state index contributed by atoms with van der Waals surface area (Å²) < 4.78 is 18.6. The molecule has 0 heterocycles. The summed E-state index contributed by atoms with van der Waals surface area (Å²) in [6.45, 7) is 0.409. The van der Waals surface area contributed by atoms with Gasteiger partial charge in [0, 0.05) is 16.3 Å². The van der Waals surface area contributed by atoms with Crippen molar-refractivity contribution < 1.29 is 9.13 Å². The first-order chi connectivity index (χ1) is 9.16. The summed E-state index contributed by atoms with van der Waals surface area (Å²) in [5.41, 5.74) is 6.25. The summed E-state index contributed by atoms with van der Waals surface area (Å²) in [4.78, 5) is 0.938. The molecule has 2 aromatic rings. The number of nitrogen functional groups attached to an aromatic ring is 1. The number of hydrogen-bond donors (Lipinski definition) is 1. The lowest BCUT2D eigenvalue weighted by Gasteiger charge is -2.08. The van der Waals surface area contributed by atoms with Crippen LogP contribution in [-0.2, 0) is 0 Å². The summed E-state index contributed by atoms with van der Waals surface area (Å²) in [6.07, 6.45) is 0. The zero-order chi connectivity index (χ0) is 13.7. The average Bonchev–Trinajstić information content (AvgIpc) is 2.38. The van der Waals surface area contributed by atoms with Crippen LogP contribution in [0.1, 0.15) is 0 Å². The van der Waals surface area contributed by atoms with Crippen molar-refractivity contribution in [3.8, 4) is 5.75 Å². The third-order valence-corrected chi connectivity index (χ3v) is 3.85. The van der Waals surface area contributed by atoms with Crippen molar-refractivity contribution in [1.82, 2.24) is 0 Å². The first-order valence-electron chi connectivity index (χ1n) is 5.72. The standard InChI is InChI=1S/C14H13ClFNOS/c15-11-9-10(17)5-6-14(11)19-8-7-18-13-4-2-1-3-12(13)16/h1-6,9H,7-8,17H2. The minimum Gasteiger partial charge on any atom is -0.490 e. The van der Waals surface area contributed by atoms with E-state index in [0.717, 1.165) is 4.90 Å². The van der Waals surface area contributed by atoms with E-state index in [1.165, 1.54) is 6.07 Å². The van der Waals surface area contributed by atoms with Crippen molar-refractivity contribution in [2.75, 3.05) is 18.1 Å². The molecule has 5 heteroatoms. The van der Waals surface area contributed by atoms with E-state index in [0.29, 0.717) is 23.1 Å². The van der Waals surface area contributed by atoms with Crippen LogP contribution in [0.4, 0.5) is 10.1 Å². The molecule has 2 nitrogen and oxygen atoms in total. The van der Waals surface area contributed by atoms with E-state index in [4.69, 9.17) is 22.1 Å². The van der Waals surface area contributed by atoms with Crippen molar-refractivity contribution >= 4 is 29.1 Å². The Hall–Kier alpha value is -1.39. The SMILES string of the molecule is Nc1ccc(SCCOc2ccccc2F)c(Cl)c1. The Morgan fingerprint density at radius 1 is 1.21 bits per heavy atom. The molecule has 2 aromatic carbocycles. The van der Waals surface area contributed by atoms with Gasteiger partial charge in [0.2, 0.25) is 0 Å². The van der Waals surface area contributed by atoms with Gasteiger partial charge in [-0.15, -0.1) is 11.8 Å². The highest BCUT2D eigenvalue weighted by molar-refractivity contribution is 7.99. The largest absolute Gasteiger partial charge is 0.490 e. The fourth-order valence-electron chi connectivity index (χ4n) is 1.50. The molecule has 0 saturated carbocycles. The topological polar surface area (TPSA) is 35.2 Å². The van der Waals surface area contributed by atoms with Crippen molar-refractivity contribution in [3.05, 3.63) is 53.3 Å². The fourth-order valence-corrected chi connectivity index (χ4v) is 2.60. The molecule has 0 atom stereocenters. The lowest BCUT2D eigenvalue weighted by molar-refractivity contribution is 0.325. The van der Waals surface area contributed by atoms with E-state index in [2.05, 4.69) is 0 Å². The predicted molar refractivity (Wildman–Crippen MR) is 78.5 cm³/mol. The lowest BCUT2D eigenvalue weighted by Crippen LogP contribution is -2.01. The molecule has 0 unspecified atom stereocenters. The number of thioether (sulfide) groups is 1. The number of anilines is 1. The van der Waals surface area contributed by atoms with Gasteiger partial charge < -0.3 is 10.5 Å². The van der Waals surface area contributed by atoms with Crippen LogP contribution in [0.15, 0.2) is 47.4 Å². The number of hydrogen-bond acceptors (Lipinski definition) is 3. The van der Waals surface area contributed by atoms with Crippen LogP contribution in [0.2, 0.25) is 5.02 Å². The summed E-state index contributed by atoms with van der Waals surface area (Å²) in [7, 11) is 0. The Labute approximate surface area is 120 Å². The van der Waals surface area contributed by atoms with E-state index in [9.17, 15) is 4.39 Å². The minimum atomic E-state index is -0.349. The van der Waals surface area contributed by atoms with Crippen molar-refractivity contribution in [1.29, 1.82) is 0 Å². The van der Waals surface area contributed by atoms with E-state index >= 15 is 0 Å². The molecular formula is C14H13ClFNOS. The zero-order valence-corrected chi connectivity index (χ0v) is 11.7. The summed E-state index contributed by atoms with van der Waals surface area (Å²) >= 11 is 7.59. The third kappa shape index (κ3) is 4.04. The van der Waals surface area contributed by atoms with Gasteiger partial charge in [0.05, 0.1) is 11.6 Å². The summed E-state index contributed by atoms with van der Waals surface area (Å²) in [5.74, 6) is 0.599. The molecule has 0 aromatic heterocycles. The number of para-hydroxylation sites is 1. The highest BCUT2D eigenvalue weighted by atomic mass is 35.5. The second kappa shape index (κ2) is 6.68. The Morgan fingerprint density at radius 2 is 2.00 bits per heavy atom. The molecule has 19 heavy (non-hydrogen) atoms. The Bertz CT molecular complexity index is 565. The van der Waals surface area contributed by atoms with Gasteiger partial charge >= 0.3 is 0 Å². The zero-order valence-electron chi connectivity index (χ0n) is 10.1. The first-order valence-corrected chi connectivity index (χ1v) is 7.08. The highest BCUT2D eigenvalue weighted by Crippen LogP contribution is 2.28. The summed E-state index contributed by atoms with van der Waals surface area (Å²) in [5, 5.41) is 0.621. The molecular weight excluding hydrogens is 285 g/mol. The van der Waals surface area contributed by atoms with Crippen LogP contribution < -0.4 is 10.5 Å². The normalized spacial score (nSPS) is 10.4. The van der Waals surface area contributed by atoms with Crippen LogP contribution in [0.25, 0.3) is 0 Å². The highest BCUT2D eigenvalue weighted by Gasteiger charge is 2.03. The molecule has 2 N–H and O–H groups in total. The van der Waals surface area contributed by atoms with Crippen molar-refractivity contribution in [3.63, 3.8) is 0 Å². The Kier molecular flexibility index (Phi) is 4.93. The molecule has 0 bridgehead atoms. The number of halogens is 2. The van der Waals surface area contributed by atoms with Gasteiger partial charge in [-0.2, -0.15) is 0 Å². The number of benzene rings is 2.